The Hall–Kier alpha value is -1.14. The number of hydrogen-bond acceptors (Lipinski definition) is 5. The highest BCUT2D eigenvalue weighted by atomic mass is 16.6. The fraction of sp³-hybridized carbons (Fsp3) is 0.647. The first-order chi connectivity index (χ1) is 10.7. The van der Waals surface area contributed by atoms with E-state index >= 15 is 0 Å². The summed E-state index contributed by atoms with van der Waals surface area (Å²) in [5, 5.41) is 8.57. The molecule has 22 heavy (non-hydrogen) atoms. The van der Waals surface area contributed by atoms with E-state index in [0.29, 0.717) is 52.7 Å². The second kappa shape index (κ2) is 12.4. The molecule has 0 radical (unpaired) electrons. The maximum absolute atomic E-state index is 8.57. The van der Waals surface area contributed by atoms with E-state index in [9.17, 15) is 0 Å². The second-order valence-corrected chi connectivity index (χ2v) is 5.03. The molecule has 0 amide bonds. The van der Waals surface area contributed by atoms with Gasteiger partial charge < -0.3 is 24.1 Å². The smallest absolute Gasteiger partial charge is 0.122 e. The van der Waals surface area contributed by atoms with Gasteiger partial charge in [-0.25, -0.2) is 0 Å². The van der Waals surface area contributed by atoms with Crippen LogP contribution in [-0.4, -0.2) is 58.0 Å². The molecule has 0 spiro atoms. The fourth-order valence-electron chi connectivity index (χ4n) is 1.88. The van der Waals surface area contributed by atoms with Crippen LogP contribution in [0.25, 0.3) is 0 Å². The van der Waals surface area contributed by atoms with Crippen molar-refractivity contribution >= 4 is 0 Å². The van der Waals surface area contributed by atoms with Crippen molar-refractivity contribution < 1.29 is 24.1 Å². The minimum Gasteiger partial charge on any atom is -0.491 e. The van der Waals surface area contributed by atoms with Crippen molar-refractivity contribution in [3.05, 3.63) is 29.3 Å². The van der Waals surface area contributed by atoms with Gasteiger partial charge in [-0.2, -0.15) is 0 Å². The number of hydrogen-bond donors (Lipinski definition) is 1. The molecular weight excluding hydrogens is 284 g/mol. The molecule has 0 aliphatic carbocycles. The lowest BCUT2D eigenvalue weighted by Crippen LogP contribution is -2.13. The van der Waals surface area contributed by atoms with E-state index in [1.165, 1.54) is 5.56 Å². The van der Waals surface area contributed by atoms with E-state index in [1.54, 1.807) is 0 Å². The highest BCUT2D eigenvalue weighted by Crippen LogP contribution is 2.18. The summed E-state index contributed by atoms with van der Waals surface area (Å²) >= 11 is 0. The summed E-state index contributed by atoms with van der Waals surface area (Å²) in [7, 11) is 0. The number of aliphatic hydroxyl groups excluding tert-OH is 1. The highest BCUT2D eigenvalue weighted by molar-refractivity contribution is 5.35. The van der Waals surface area contributed by atoms with Crippen molar-refractivity contribution in [3.63, 3.8) is 0 Å². The van der Waals surface area contributed by atoms with Gasteiger partial charge in [0.15, 0.2) is 0 Å². The molecule has 1 aromatic rings. The van der Waals surface area contributed by atoms with Crippen molar-refractivity contribution in [1.82, 2.24) is 0 Å². The number of benzene rings is 1. The Morgan fingerprint density at radius 1 is 0.818 bits per heavy atom. The zero-order valence-corrected chi connectivity index (χ0v) is 13.7. The molecule has 0 aliphatic heterocycles. The summed E-state index contributed by atoms with van der Waals surface area (Å²) in [6.07, 6.45) is 0.670. The van der Waals surface area contributed by atoms with Gasteiger partial charge in [0.25, 0.3) is 0 Å². The molecular formula is C17H28O5. The van der Waals surface area contributed by atoms with Crippen molar-refractivity contribution in [2.24, 2.45) is 0 Å². The average molecular weight is 312 g/mol. The number of aliphatic hydroxyl groups is 1. The zero-order chi connectivity index (χ0) is 16.0. The third kappa shape index (κ3) is 9.00. The molecule has 1 aromatic carbocycles. The van der Waals surface area contributed by atoms with E-state index in [4.69, 9.17) is 24.1 Å². The third-order valence-corrected chi connectivity index (χ3v) is 3.01. The van der Waals surface area contributed by atoms with Crippen molar-refractivity contribution in [1.29, 1.82) is 0 Å². The number of ether oxygens (including phenoxy) is 4. The lowest BCUT2D eigenvalue weighted by atomic mass is 10.1. The van der Waals surface area contributed by atoms with Crippen molar-refractivity contribution in [2.45, 2.75) is 20.3 Å². The van der Waals surface area contributed by atoms with E-state index in [0.717, 1.165) is 11.3 Å². The van der Waals surface area contributed by atoms with Gasteiger partial charge in [0, 0.05) is 13.2 Å². The summed E-state index contributed by atoms with van der Waals surface area (Å²) in [5.74, 6) is 0.908. The van der Waals surface area contributed by atoms with Crippen LogP contribution in [-0.2, 0) is 14.2 Å². The van der Waals surface area contributed by atoms with Gasteiger partial charge in [0.1, 0.15) is 12.4 Å². The molecule has 0 fully saturated rings. The number of aryl methyl sites for hydroxylation is 2. The number of rotatable bonds is 13. The lowest BCUT2D eigenvalue weighted by molar-refractivity contribution is 0.00749. The lowest BCUT2D eigenvalue weighted by Gasteiger charge is -2.10. The largest absolute Gasteiger partial charge is 0.491 e. The Balaban J connectivity index is 1.89. The molecule has 5 heteroatoms. The summed E-state index contributed by atoms with van der Waals surface area (Å²) < 4.78 is 21.7. The maximum atomic E-state index is 8.57. The predicted molar refractivity (Wildman–Crippen MR) is 85.6 cm³/mol. The van der Waals surface area contributed by atoms with E-state index in [1.807, 2.05) is 19.1 Å². The van der Waals surface area contributed by atoms with Crippen LogP contribution in [0.3, 0.4) is 0 Å². The molecule has 0 unspecified atom stereocenters. The van der Waals surface area contributed by atoms with Gasteiger partial charge in [0.2, 0.25) is 0 Å². The molecule has 0 heterocycles. The SMILES string of the molecule is Cc1ccc(OCCOCCOCCOCCCO)c(C)c1. The predicted octanol–water partition coefficient (Wildman–Crippen LogP) is 2.11. The Kier molecular flexibility index (Phi) is 10.7. The van der Waals surface area contributed by atoms with Gasteiger partial charge in [0.05, 0.1) is 33.0 Å². The first-order valence-corrected chi connectivity index (χ1v) is 7.78. The van der Waals surface area contributed by atoms with Crippen LogP contribution in [0.15, 0.2) is 18.2 Å². The molecule has 0 saturated heterocycles. The van der Waals surface area contributed by atoms with E-state index < -0.39 is 0 Å². The van der Waals surface area contributed by atoms with Crippen molar-refractivity contribution in [2.75, 3.05) is 52.9 Å². The standard InChI is InChI=1S/C17H28O5/c1-15-4-5-17(16(2)14-15)22-13-12-21-11-10-20-9-8-19-7-3-6-18/h4-5,14,18H,3,6-13H2,1-2H3. The van der Waals surface area contributed by atoms with Gasteiger partial charge in [-0.05, 0) is 31.9 Å². The quantitative estimate of drug-likeness (QED) is 0.565. The van der Waals surface area contributed by atoms with Crippen molar-refractivity contribution in [3.8, 4) is 5.75 Å². The summed E-state index contributed by atoms with van der Waals surface area (Å²) in [4.78, 5) is 0. The molecule has 126 valence electrons. The first-order valence-electron chi connectivity index (χ1n) is 7.78. The van der Waals surface area contributed by atoms with Gasteiger partial charge in [-0.15, -0.1) is 0 Å². The molecule has 0 aliphatic rings. The van der Waals surface area contributed by atoms with E-state index in [-0.39, 0.29) is 6.61 Å². The second-order valence-electron chi connectivity index (χ2n) is 5.03. The summed E-state index contributed by atoms with van der Waals surface area (Å²) in [6.45, 7) is 8.13. The molecule has 0 bridgehead atoms. The molecule has 1 N–H and O–H groups in total. The van der Waals surface area contributed by atoms with Gasteiger partial charge >= 0.3 is 0 Å². The highest BCUT2D eigenvalue weighted by Gasteiger charge is 1.99. The average Bonchev–Trinajstić information content (AvgIpc) is 2.50. The Bertz CT molecular complexity index is 395. The van der Waals surface area contributed by atoms with Crippen LogP contribution in [0.2, 0.25) is 0 Å². The van der Waals surface area contributed by atoms with E-state index in [2.05, 4.69) is 13.0 Å². The van der Waals surface area contributed by atoms with Crippen LogP contribution in [0.5, 0.6) is 5.75 Å². The first kappa shape index (κ1) is 18.9. The summed E-state index contributed by atoms with van der Waals surface area (Å²) in [5.41, 5.74) is 2.38. The zero-order valence-electron chi connectivity index (χ0n) is 13.7. The minimum atomic E-state index is 0.166. The van der Waals surface area contributed by atoms with Gasteiger partial charge in [-0.3, -0.25) is 0 Å². The Morgan fingerprint density at radius 3 is 2.00 bits per heavy atom. The molecule has 5 nitrogen and oxygen atoms in total. The topological polar surface area (TPSA) is 57.2 Å². The van der Waals surface area contributed by atoms with Crippen LogP contribution in [0, 0.1) is 13.8 Å². The monoisotopic (exact) mass is 312 g/mol. The molecule has 0 atom stereocenters. The maximum Gasteiger partial charge on any atom is 0.122 e. The molecule has 0 saturated carbocycles. The van der Waals surface area contributed by atoms with Gasteiger partial charge in [-0.1, -0.05) is 17.7 Å². The van der Waals surface area contributed by atoms with Crippen LogP contribution in [0.4, 0.5) is 0 Å². The third-order valence-electron chi connectivity index (χ3n) is 3.01. The Morgan fingerprint density at radius 2 is 1.41 bits per heavy atom. The van der Waals surface area contributed by atoms with Crippen LogP contribution >= 0.6 is 0 Å². The normalized spacial score (nSPS) is 10.9. The Labute approximate surface area is 133 Å². The minimum absolute atomic E-state index is 0.166. The van der Waals surface area contributed by atoms with Crippen LogP contribution in [0.1, 0.15) is 17.5 Å². The summed E-state index contributed by atoms with van der Waals surface area (Å²) in [6, 6.07) is 6.14. The fourth-order valence-corrected chi connectivity index (χ4v) is 1.88. The molecule has 0 aromatic heterocycles. The van der Waals surface area contributed by atoms with Crippen LogP contribution < -0.4 is 4.74 Å². The molecule has 1 rings (SSSR count).